The molecule has 0 radical (unpaired) electrons. The third-order valence-corrected chi connectivity index (χ3v) is 2.71. The number of amides is 1. The minimum Gasteiger partial charge on any atom is -0.366 e. The van der Waals surface area contributed by atoms with Crippen LogP contribution in [-0.2, 0) is 6.54 Å². The van der Waals surface area contributed by atoms with Gasteiger partial charge in [0.05, 0.1) is 0 Å². The fourth-order valence-corrected chi connectivity index (χ4v) is 1.62. The van der Waals surface area contributed by atoms with E-state index in [0.717, 1.165) is 25.1 Å². The molecule has 1 aromatic rings. The lowest BCUT2D eigenvalue weighted by Crippen LogP contribution is -2.15. The van der Waals surface area contributed by atoms with Crippen LogP contribution >= 0.6 is 11.6 Å². The number of rotatable bonds is 6. The molecule has 4 heteroatoms. The van der Waals surface area contributed by atoms with Crippen LogP contribution in [0.25, 0.3) is 0 Å². The van der Waals surface area contributed by atoms with E-state index in [1.54, 1.807) is 12.1 Å². The lowest BCUT2D eigenvalue weighted by atomic mass is 10.1. The molecule has 16 heavy (non-hydrogen) atoms. The first-order chi connectivity index (χ1) is 7.65. The van der Waals surface area contributed by atoms with Crippen molar-refractivity contribution in [3.05, 3.63) is 34.3 Å². The highest BCUT2D eigenvalue weighted by Gasteiger charge is 2.04. The Hall–Kier alpha value is -1.06. The van der Waals surface area contributed by atoms with Crippen molar-refractivity contribution in [2.45, 2.75) is 26.3 Å². The topological polar surface area (TPSA) is 55.1 Å². The predicted molar refractivity (Wildman–Crippen MR) is 66.6 cm³/mol. The van der Waals surface area contributed by atoms with Gasteiger partial charge in [0.1, 0.15) is 0 Å². The first kappa shape index (κ1) is 13.0. The normalized spacial score (nSPS) is 10.4. The molecule has 0 unspecified atom stereocenters. The quantitative estimate of drug-likeness (QED) is 0.750. The molecular formula is C12H17ClN2O. The van der Waals surface area contributed by atoms with E-state index < -0.39 is 5.91 Å². The Balaban J connectivity index is 2.57. The van der Waals surface area contributed by atoms with Gasteiger partial charge >= 0.3 is 0 Å². The molecule has 1 rings (SSSR count). The van der Waals surface area contributed by atoms with Crippen LogP contribution in [0.15, 0.2) is 18.2 Å². The predicted octanol–water partition coefficient (Wildman–Crippen LogP) is 2.33. The van der Waals surface area contributed by atoms with Crippen molar-refractivity contribution in [1.29, 1.82) is 0 Å². The van der Waals surface area contributed by atoms with E-state index in [4.69, 9.17) is 17.3 Å². The summed E-state index contributed by atoms with van der Waals surface area (Å²) in [6, 6.07) is 5.15. The molecule has 0 aliphatic carbocycles. The first-order valence-electron chi connectivity index (χ1n) is 5.44. The van der Waals surface area contributed by atoms with E-state index in [0.29, 0.717) is 10.6 Å². The summed E-state index contributed by atoms with van der Waals surface area (Å²) in [5.74, 6) is -0.451. The van der Waals surface area contributed by atoms with Gasteiger partial charge in [0, 0.05) is 17.1 Å². The van der Waals surface area contributed by atoms with Crippen molar-refractivity contribution >= 4 is 17.5 Å². The second-order valence-corrected chi connectivity index (χ2v) is 4.11. The minimum atomic E-state index is -0.451. The molecule has 0 spiro atoms. The number of carbonyl (C=O) groups excluding carboxylic acids is 1. The Morgan fingerprint density at radius 1 is 1.50 bits per heavy atom. The molecule has 0 saturated heterocycles. The van der Waals surface area contributed by atoms with Gasteiger partial charge in [0.25, 0.3) is 0 Å². The average molecular weight is 241 g/mol. The Bertz CT molecular complexity index is 366. The van der Waals surface area contributed by atoms with Crippen molar-refractivity contribution in [3.8, 4) is 0 Å². The molecule has 0 fully saturated rings. The molecule has 3 nitrogen and oxygen atoms in total. The van der Waals surface area contributed by atoms with Crippen LogP contribution in [0.2, 0.25) is 5.02 Å². The molecule has 88 valence electrons. The highest BCUT2D eigenvalue weighted by molar-refractivity contribution is 6.31. The molecule has 1 amide bonds. The van der Waals surface area contributed by atoms with Crippen LogP contribution in [0.1, 0.15) is 35.7 Å². The standard InChI is InChI=1S/C12H17ClN2O/c1-2-3-6-15-8-10-5-4-9(12(14)16)7-11(10)13/h4-5,7,15H,2-3,6,8H2,1H3,(H2,14,16). The highest BCUT2D eigenvalue weighted by Crippen LogP contribution is 2.17. The van der Waals surface area contributed by atoms with Crippen LogP contribution in [0.5, 0.6) is 0 Å². The van der Waals surface area contributed by atoms with Gasteiger partial charge in [-0.2, -0.15) is 0 Å². The Morgan fingerprint density at radius 3 is 2.81 bits per heavy atom. The Kier molecular flexibility index (Phi) is 5.29. The van der Waals surface area contributed by atoms with Gasteiger partial charge in [0.2, 0.25) is 5.91 Å². The molecule has 0 aliphatic heterocycles. The lowest BCUT2D eigenvalue weighted by molar-refractivity contribution is 0.100. The summed E-state index contributed by atoms with van der Waals surface area (Å²) in [6.07, 6.45) is 2.32. The van der Waals surface area contributed by atoms with E-state index >= 15 is 0 Å². The van der Waals surface area contributed by atoms with Crippen LogP contribution in [-0.4, -0.2) is 12.5 Å². The Labute approximate surface area is 101 Å². The number of carbonyl (C=O) groups is 1. The fraction of sp³-hybridized carbons (Fsp3) is 0.417. The second-order valence-electron chi connectivity index (χ2n) is 3.70. The van der Waals surface area contributed by atoms with Crippen molar-refractivity contribution in [3.63, 3.8) is 0 Å². The first-order valence-corrected chi connectivity index (χ1v) is 5.82. The van der Waals surface area contributed by atoms with Gasteiger partial charge in [-0.25, -0.2) is 0 Å². The van der Waals surface area contributed by atoms with E-state index in [1.165, 1.54) is 6.42 Å². The summed E-state index contributed by atoms with van der Waals surface area (Å²) in [5.41, 5.74) is 6.59. The number of halogens is 1. The monoisotopic (exact) mass is 240 g/mol. The average Bonchev–Trinajstić information content (AvgIpc) is 2.26. The summed E-state index contributed by atoms with van der Waals surface area (Å²) in [5, 5.41) is 3.88. The molecule has 3 N–H and O–H groups in total. The van der Waals surface area contributed by atoms with Crippen molar-refractivity contribution in [2.24, 2.45) is 5.73 Å². The third-order valence-electron chi connectivity index (χ3n) is 2.36. The van der Waals surface area contributed by atoms with Crippen LogP contribution in [0, 0.1) is 0 Å². The number of primary amides is 1. The van der Waals surface area contributed by atoms with Gasteiger partial charge in [0.15, 0.2) is 0 Å². The van der Waals surface area contributed by atoms with Crippen molar-refractivity contribution < 1.29 is 4.79 Å². The second kappa shape index (κ2) is 6.51. The maximum atomic E-state index is 10.9. The molecular weight excluding hydrogens is 224 g/mol. The Morgan fingerprint density at radius 2 is 2.25 bits per heavy atom. The van der Waals surface area contributed by atoms with Crippen molar-refractivity contribution in [1.82, 2.24) is 5.32 Å². The van der Waals surface area contributed by atoms with Gasteiger partial charge in [-0.15, -0.1) is 0 Å². The minimum absolute atomic E-state index is 0.447. The molecule has 0 saturated carbocycles. The van der Waals surface area contributed by atoms with Gasteiger partial charge in [-0.05, 0) is 30.7 Å². The van der Waals surface area contributed by atoms with Crippen molar-refractivity contribution in [2.75, 3.05) is 6.54 Å². The summed E-state index contributed by atoms with van der Waals surface area (Å²) >= 11 is 6.04. The number of hydrogen-bond donors (Lipinski definition) is 2. The number of nitrogens with two attached hydrogens (primary N) is 1. The van der Waals surface area contributed by atoms with Crippen LogP contribution in [0.3, 0.4) is 0 Å². The van der Waals surface area contributed by atoms with Crippen LogP contribution < -0.4 is 11.1 Å². The summed E-state index contributed by atoms with van der Waals surface area (Å²) in [7, 11) is 0. The van der Waals surface area contributed by atoms with Crippen LogP contribution in [0.4, 0.5) is 0 Å². The maximum absolute atomic E-state index is 10.9. The van der Waals surface area contributed by atoms with Gasteiger partial charge in [-0.1, -0.05) is 31.0 Å². The number of hydrogen-bond acceptors (Lipinski definition) is 2. The molecule has 0 heterocycles. The molecule has 0 aliphatic rings. The summed E-state index contributed by atoms with van der Waals surface area (Å²) in [6.45, 7) is 3.85. The maximum Gasteiger partial charge on any atom is 0.248 e. The van der Waals surface area contributed by atoms with Gasteiger partial charge in [-0.3, -0.25) is 4.79 Å². The van der Waals surface area contributed by atoms with Gasteiger partial charge < -0.3 is 11.1 Å². The third kappa shape index (κ3) is 3.83. The summed E-state index contributed by atoms with van der Waals surface area (Å²) in [4.78, 5) is 10.9. The fourth-order valence-electron chi connectivity index (χ4n) is 1.37. The molecule has 0 bridgehead atoms. The highest BCUT2D eigenvalue weighted by atomic mass is 35.5. The largest absolute Gasteiger partial charge is 0.366 e. The number of unbranched alkanes of at least 4 members (excludes halogenated alkanes) is 1. The zero-order valence-electron chi connectivity index (χ0n) is 9.42. The lowest BCUT2D eigenvalue weighted by Gasteiger charge is -2.07. The smallest absolute Gasteiger partial charge is 0.248 e. The van der Waals surface area contributed by atoms with E-state index in [1.807, 2.05) is 6.07 Å². The molecule has 0 atom stereocenters. The number of benzene rings is 1. The summed E-state index contributed by atoms with van der Waals surface area (Å²) < 4.78 is 0. The van der Waals surface area contributed by atoms with E-state index in [2.05, 4.69) is 12.2 Å². The number of nitrogens with one attached hydrogen (secondary N) is 1. The SMILES string of the molecule is CCCCNCc1ccc(C(N)=O)cc1Cl. The molecule has 1 aromatic carbocycles. The zero-order chi connectivity index (χ0) is 12.0. The zero-order valence-corrected chi connectivity index (χ0v) is 10.2. The van der Waals surface area contributed by atoms with E-state index in [9.17, 15) is 4.79 Å². The molecule has 0 aromatic heterocycles. The van der Waals surface area contributed by atoms with E-state index in [-0.39, 0.29) is 0 Å².